The lowest BCUT2D eigenvalue weighted by molar-refractivity contribution is -0.131. The third-order valence-corrected chi connectivity index (χ3v) is 6.72. The Morgan fingerprint density at radius 3 is 2.48 bits per heavy atom. The fourth-order valence-corrected chi connectivity index (χ4v) is 5.01. The normalized spacial score (nSPS) is 18.4. The van der Waals surface area contributed by atoms with Crippen LogP contribution < -0.4 is 9.47 Å². The van der Waals surface area contributed by atoms with Gasteiger partial charge in [-0.15, -0.1) is 0 Å². The van der Waals surface area contributed by atoms with Crippen molar-refractivity contribution in [1.29, 1.82) is 0 Å². The number of ether oxygens (including phenoxy) is 3. The van der Waals surface area contributed by atoms with Crippen molar-refractivity contribution in [2.75, 3.05) is 27.4 Å². The van der Waals surface area contributed by atoms with E-state index in [1.54, 1.807) is 14.2 Å². The predicted molar refractivity (Wildman–Crippen MR) is 132 cm³/mol. The van der Waals surface area contributed by atoms with Crippen LogP contribution in [0.5, 0.6) is 11.5 Å². The Labute approximate surface area is 199 Å². The number of benzene rings is 2. The van der Waals surface area contributed by atoms with Crippen molar-refractivity contribution in [3.8, 4) is 11.5 Å². The van der Waals surface area contributed by atoms with Crippen molar-refractivity contribution >= 4 is 5.91 Å². The highest BCUT2D eigenvalue weighted by molar-refractivity contribution is 5.75. The molecule has 0 bridgehead atoms. The van der Waals surface area contributed by atoms with Crippen LogP contribution >= 0.6 is 0 Å². The smallest absolute Gasteiger partial charge is 0.222 e. The summed E-state index contributed by atoms with van der Waals surface area (Å²) in [5, 5.41) is 0. The van der Waals surface area contributed by atoms with Gasteiger partial charge < -0.3 is 19.1 Å². The molecule has 0 N–H and O–H groups in total. The summed E-state index contributed by atoms with van der Waals surface area (Å²) in [6, 6.07) is 16.6. The maximum Gasteiger partial charge on any atom is 0.222 e. The summed E-state index contributed by atoms with van der Waals surface area (Å²) < 4.78 is 16.8. The van der Waals surface area contributed by atoms with Gasteiger partial charge in [0.2, 0.25) is 5.91 Å². The van der Waals surface area contributed by atoms with Crippen molar-refractivity contribution in [1.82, 2.24) is 4.90 Å². The first-order valence-corrected chi connectivity index (χ1v) is 12.0. The Morgan fingerprint density at radius 2 is 1.85 bits per heavy atom. The summed E-state index contributed by atoms with van der Waals surface area (Å²) in [7, 11) is 3.27. The summed E-state index contributed by atoms with van der Waals surface area (Å²) in [4.78, 5) is 14.9. The fraction of sp³-hybridized carbons (Fsp3) is 0.536. The van der Waals surface area contributed by atoms with Crippen LogP contribution in [0.4, 0.5) is 0 Å². The lowest BCUT2D eigenvalue weighted by atomic mass is 9.75. The van der Waals surface area contributed by atoms with Gasteiger partial charge in [-0.3, -0.25) is 4.79 Å². The molecular weight excluding hydrogens is 414 g/mol. The zero-order valence-electron chi connectivity index (χ0n) is 20.8. The molecule has 1 saturated heterocycles. The van der Waals surface area contributed by atoms with E-state index in [1.165, 1.54) is 5.56 Å². The highest BCUT2D eigenvalue weighted by Crippen LogP contribution is 2.40. The monoisotopic (exact) mass is 453 g/mol. The minimum Gasteiger partial charge on any atom is -0.493 e. The Bertz CT molecular complexity index is 896. The summed E-state index contributed by atoms with van der Waals surface area (Å²) in [6.45, 7) is 8.38. The van der Waals surface area contributed by atoms with E-state index in [0.29, 0.717) is 36.3 Å². The van der Waals surface area contributed by atoms with E-state index in [0.717, 1.165) is 38.0 Å². The van der Waals surface area contributed by atoms with Crippen molar-refractivity contribution in [3.63, 3.8) is 0 Å². The number of amides is 1. The average Bonchev–Trinajstić information content (AvgIpc) is 2.82. The first-order chi connectivity index (χ1) is 15.9. The van der Waals surface area contributed by atoms with Crippen LogP contribution in [0.15, 0.2) is 48.5 Å². The molecule has 1 fully saturated rings. The Morgan fingerprint density at radius 1 is 1.12 bits per heavy atom. The molecule has 2 aromatic rings. The third-order valence-electron chi connectivity index (χ3n) is 6.72. The highest BCUT2D eigenvalue weighted by atomic mass is 16.5. The van der Waals surface area contributed by atoms with Gasteiger partial charge in [0.15, 0.2) is 11.5 Å². The number of methoxy groups -OCH3 is 2. The molecule has 0 saturated carbocycles. The molecule has 0 aliphatic carbocycles. The summed E-state index contributed by atoms with van der Waals surface area (Å²) in [5.41, 5.74) is 2.29. The van der Waals surface area contributed by atoms with E-state index >= 15 is 0 Å². The molecule has 0 spiro atoms. The number of carbonyl (C=O) groups is 1. The minimum absolute atomic E-state index is 0.103. The van der Waals surface area contributed by atoms with Crippen LogP contribution in [-0.2, 0) is 16.1 Å². The standard InChI is InChI=1S/C28H39NO4/c1-6-27(30)29(20-21-12-13-25(31-4)26(18-21)32-5)16-14-24(22-10-8-7-9-11-22)23-15-17-33-28(2,3)19-23/h7-13,18,23-24H,6,14-17,19-20H2,1-5H3. The molecule has 1 aliphatic heterocycles. The van der Waals surface area contributed by atoms with Crippen LogP contribution in [0, 0.1) is 5.92 Å². The van der Waals surface area contributed by atoms with Gasteiger partial charge in [0, 0.05) is 26.1 Å². The molecule has 5 heteroatoms. The molecule has 1 amide bonds. The zero-order valence-corrected chi connectivity index (χ0v) is 20.8. The summed E-state index contributed by atoms with van der Waals surface area (Å²) in [5.74, 6) is 2.48. The first-order valence-electron chi connectivity index (χ1n) is 12.0. The van der Waals surface area contributed by atoms with E-state index in [1.807, 2.05) is 30.0 Å². The molecule has 33 heavy (non-hydrogen) atoms. The maximum atomic E-state index is 12.9. The summed E-state index contributed by atoms with van der Waals surface area (Å²) >= 11 is 0. The van der Waals surface area contributed by atoms with Crippen LogP contribution in [0.1, 0.15) is 63.5 Å². The van der Waals surface area contributed by atoms with Gasteiger partial charge in [-0.05, 0) is 68.2 Å². The van der Waals surface area contributed by atoms with Crippen molar-refractivity contribution in [3.05, 3.63) is 59.7 Å². The van der Waals surface area contributed by atoms with Crippen LogP contribution in [-0.4, -0.2) is 43.8 Å². The second-order valence-electron chi connectivity index (χ2n) is 9.53. The lowest BCUT2D eigenvalue weighted by Gasteiger charge is -2.40. The minimum atomic E-state index is -0.103. The second kappa shape index (κ2) is 11.6. The van der Waals surface area contributed by atoms with E-state index in [-0.39, 0.29) is 11.5 Å². The van der Waals surface area contributed by atoms with Gasteiger partial charge in [0.25, 0.3) is 0 Å². The second-order valence-corrected chi connectivity index (χ2v) is 9.53. The zero-order chi connectivity index (χ0) is 23.8. The lowest BCUT2D eigenvalue weighted by Crippen LogP contribution is -2.37. The summed E-state index contributed by atoms with van der Waals surface area (Å²) in [6.07, 6.45) is 3.52. The number of hydrogen-bond acceptors (Lipinski definition) is 4. The number of carbonyl (C=O) groups excluding carboxylic acids is 1. The van der Waals surface area contributed by atoms with E-state index in [2.05, 4.69) is 44.2 Å². The van der Waals surface area contributed by atoms with Gasteiger partial charge in [-0.2, -0.15) is 0 Å². The molecule has 5 nitrogen and oxygen atoms in total. The Balaban J connectivity index is 1.78. The van der Waals surface area contributed by atoms with Gasteiger partial charge in [-0.1, -0.05) is 43.3 Å². The van der Waals surface area contributed by atoms with Gasteiger partial charge in [0.05, 0.1) is 19.8 Å². The molecule has 1 heterocycles. The van der Waals surface area contributed by atoms with Crippen molar-refractivity contribution in [2.24, 2.45) is 5.92 Å². The molecule has 0 radical (unpaired) electrons. The number of rotatable bonds is 10. The number of nitrogens with zero attached hydrogens (tertiary/aromatic N) is 1. The average molecular weight is 454 g/mol. The first kappa shape index (κ1) is 25.1. The molecule has 1 aliphatic rings. The quantitative estimate of drug-likeness (QED) is 0.455. The van der Waals surface area contributed by atoms with Gasteiger partial charge in [0.1, 0.15) is 0 Å². The molecule has 180 valence electrons. The number of hydrogen-bond donors (Lipinski definition) is 0. The SMILES string of the molecule is CCC(=O)N(CCC(c1ccccc1)C1CCOC(C)(C)C1)Cc1ccc(OC)c(OC)c1. The molecule has 2 unspecified atom stereocenters. The molecule has 3 rings (SSSR count). The van der Waals surface area contributed by atoms with E-state index in [9.17, 15) is 4.79 Å². The Kier molecular flexibility index (Phi) is 8.79. The van der Waals surface area contributed by atoms with Gasteiger partial charge in [-0.25, -0.2) is 0 Å². The van der Waals surface area contributed by atoms with Crippen LogP contribution in [0.25, 0.3) is 0 Å². The molecular formula is C28H39NO4. The topological polar surface area (TPSA) is 48.0 Å². The largest absolute Gasteiger partial charge is 0.493 e. The van der Waals surface area contributed by atoms with Gasteiger partial charge >= 0.3 is 0 Å². The van der Waals surface area contributed by atoms with Crippen LogP contribution in [0.3, 0.4) is 0 Å². The van der Waals surface area contributed by atoms with E-state index < -0.39 is 0 Å². The third kappa shape index (κ3) is 6.73. The van der Waals surface area contributed by atoms with E-state index in [4.69, 9.17) is 14.2 Å². The highest BCUT2D eigenvalue weighted by Gasteiger charge is 2.34. The van der Waals surface area contributed by atoms with Crippen molar-refractivity contribution in [2.45, 2.75) is 64.5 Å². The maximum absolute atomic E-state index is 12.9. The molecule has 2 aromatic carbocycles. The van der Waals surface area contributed by atoms with Crippen LogP contribution in [0.2, 0.25) is 0 Å². The fourth-order valence-electron chi connectivity index (χ4n) is 5.01. The molecule has 2 atom stereocenters. The predicted octanol–water partition coefficient (Wildman–Crippen LogP) is 5.82. The molecule has 0 aromatic heterocycles. The Hall–Kier alpha value is -2.53. The van der Waals surface area contributed by atoms with Crippen molar-refractivity contribution < 1.29 is 19.0 Å².